The molecular formula is C6H8Cl2N2O2. The maximum atomic E-state index is 11.2. The molecule has 1 saturated carbocycles. The van der Waals surface area contributed by atoms with E-state index >= 15 is 0 Å². The molecule has 0 aromatic rings. The lowest BCUT2D eigenvalue weighted by Gasteiger charge is -2.10. The maximum Gasteiger partial charge on any atom is 0.247 e. The first-order valence-electron chi connectivity index (χ1n) is 3.31. The van der Waals surface area contributed by atoms with Crippen molar-refractivity contribution in [3.8, 4) is 0 Å². The Morgan fingerprint density at radius 3 is 2.42 bits per heavy atom. The first-order chi connectivity index (χ1) is 5.44. The molecule has 4 nitrogen and oxygen atoms in total. The molecule has 12 heavy (non-hydrogen) atoms. The van der Waals surface area contributed by atoms with Gasteiger partial charge in [0, 0.05) is 0 Å². The van der Waals surface area contributed by atoms with Crippen LogP contribution in [0.3, 0.4) is 0 Å². The number of rotatable bonds is 3. The molecule has 1 unspecified atom stereocenters. The van der Waals surface area contributed by atoms with E-state index in [4.69, 9.17) is 23.2 Å². The summed E-state index contributed by atoms with van der Waals surface area (Å²) in [5, 5.41) is 0. The van der Waals surface area contributed by atoms with Crippen LogP contribution in [0.2, 0.25) is 0 Å². The van der Waals surface area contributed by atoms with Crippen molar-refractivity contribution in [3.05, 3.63) is 0 Å². The number of halogens is 2. The Morgan fingerprint density at radius 1 is 1.58 bits per heavy atom. The van der Waals surface area contributed by atoms with Gasteiger partial charge in [0.2, 0.25) is 12.3 Å². The second-order valence-electron chi connectivity index (χ2n) is 2.93. The standard InChI is InChI=1S/C6H8Cl2N2O2/c1-5(2-6(5,7)8)4(12)10-9-3-11/h3H,2H2,1H3,(H,9,11)(H,10,12). The van der Waals surface area contributed by atoms with E-state index in [0.29, 0.717) is 12.8 Å². The lowest BCUT2D eigenvalue weighted by molar-refractivity contribution is -0.128. The molecule has 0 aromatic carbocycles. The molecule has 0 saturated heterocycles. The summed E-state index contributed by atoms with van der Waals surface area (Å²) in [6.07, 6.45) is 0.767. The molecule has 1 aliphatic carbocycles. The van der Waals surface area contributed by atoms with E-state index < -0.39 is 9.75 Å². The smallest absolute Gasteiger partial charge is 0.247 e. The van der Waals surface area contributed by atoms with Crippen LogP contribution in [-0.2, 0) is 9.59 Å². The predicted molar refractivity (Wildman–Crippen MR) is 44.5 cm³/mol. The first-order valence-corrected chi connectivity index (χ1v) is 4.07. The van der Waals surface area contributed by atoms with Gasteiger partial charge in [-0.1, -0.05) is 0 Å². The first kappa shape index (κ1) is 9.61. The van der Waals surface area contributed by atoms with E-state index in [2.05, 4.69) is 5.43 Å². The van der Waals surface area contributed by atoms with Gasteiger partial charge < -0.3 is 0 Å². The number of amides is 2. The fourth-order valence-electron chi connectivity index (χ4n) is 0.879. The summed E-state index contributed by atoms with van der Waals surface area (Å²) in [6.45, 7) is 1.63. The summed E-state index contributed by atoms with van der Waals surface area (Å²) in [6, 6.07) is 0. The van der Waals surface area contributed by atoms with E-state index in [0.717, 1.165) is 0 Å². The minimum atomic E-state index is -0.998. The number of hydrogen-bond acceptors (Lipinski definition) is 2. The molecule has 1 fully saturated rings. The van der Waals surface area contributed by atoms with E-state index in [-0.39, 0.29) is 5.91 Å². The van der Waals surface area contributed by atoms with Crippen LogP contribution < -0.4 is 10.9 Å². The van der Waals surface area contributed by atoms with Crippen molar-refractivity contribution < 1.29 is 9.59 Å². The summed E-state index contributed by atoms with van der Waals surface area (Å²) in [5.41, 5.74) is 3.41. The summed E-state index contributed by atoms with van der Waals surface area (Å²) in [4.78, 5) is 21.0. The van der Waals surface area contributed by atoms with Crippen molar-refractivity contribution in [2.75, 3.05) is 0 Å². The van der Waals surface area contributed by atoms with Crippen LogP contribution in [-0.4, -0.2) is 16.7 Å². The van der Waals surface area contributed by atoms with Gasteiger partial charge in [-0.2, -0.15) is 0 Å². The van der Waals surface area contributed by atoms with Crippen molar-refractivity contribution in [1.29, 1.82) is 0 Å². The molecule has 6 heteroatoms. The van der Waals surface area contributed by atoms with Crippen LogP contribution >= 0.6 is 23.2 Å². The molecule has 0 radical (unpaired) electrons. The van der Waals surface area contributed by atoms with Crippen LogP contribution in [0.25, 0.3) is 0 Å². The van der Waals surface area contributed by atoms with Gasteiger partial charge in [-0.3, -0.25) is 20.4 Å². The van der Waals surface area contributed by atoms with Crippen LogP contribution in [0.15, 0.2) is 0 Å². The quantitative estimate of drug-likeness (QED) is 0.402. The third kappa shape index (κ3) is 1.36. The number of carbonyl (C=O) groups is 2. The van der Waals surface area contributed by atoms with Crippen LogP contribution in [0, 0.1) is 5.41 Å². The topological polar surface area (TPSA) is 58.2 Å². The molecule has 1 atom stereocenters. The van der Waals surface area contributed by atoms with Crippen molar-refractivity contribution in [2.45, 2.75) is 17.7 Å². The molecule has 2 N–H and O–H groups in total. The largest absolute Gasteiger partial charge is 0.277 e. The minimum Gasteiger partial charge on any atom is -0.277 e. The summed E-state index contributed by atoms with van der Waals surface area (Å²) >= 11 is 11.4. The Bertz CT molecular complexity index is 232. The number of hydrazine groups is 1. The molecule has 0 aromatic heterocycles. The summed E-state index contributed by atoms with van der Waals surface area (Å²) < 4.78 is -0.998. The Morgan fingerprint density at radius 2 is 2.08 bits per heavy atom. The van der Waals surface area contributed by atoms with Crippen LogP contribution in [0.4, 0.5) is 0 Å². The van der Waals surface area contributed by atoms with E-state index in [9.17, 15) is 9.59 Å². The second kappa shape index (κ2) is 2.78. The molecule has 0 aliphatic heterocycles. The number of hydrogen-bond donors (Lipinski definition) is 2. The summed E-state index contributed by atoms with van der Waals surface area (Å²) in [7, 11) is 0. The van der Waals surface area contributed by atoms with Crippen LogP contribution in [0.1, 0.15) is 13.3 Å². The van der Waals surface area contributed by atoms with E-state index in [1.54, 1.807) is 6.92 Å². The van der Waals surface area contributed by atoms with Gasteiger partial charge in [-0.25, -0.2) is 0 Å². The highest BCUT2D eigenvalue weighted by Gasteiger charge is 2.68. The average Bonchev–Trinajstić information content (AvgIpc) is 2.48. The number of carbonyl (C=O) groups excluding carboxylic acids is 2. The third-order valence-electron chi connectivity index (χ3n) is 2.00. The van der Waals surface area contributed by atoms with E-state index in [1.165, 1.54) is 0 Å². The average molecular weight is 211 g/mol. The molecule has 0 bridgehead atoms. The predicted octanol–water partition coefficient (Wildman–Crippen LogP) is 0.348. The lowest BCUT2D eigenvalue weighted by Crippen LogP contribution is -2.42. The maximum absolute atomic E-state index is 11.2. The third-order valence-corrected chi connectivity index (χ3v) is 3.11. The highest BCUT2D eigenvalue weighted by Crippen LogP contribution is 2.63. The lowest BCUT2D eigenvalue weighted by atomic mass is 10.1. The van der Waals surface area contributed by atoms with Crippen molar-refractivity contribution in [3.63, 3.8) is 0 Å². The molecule has 68 valence electrons. The van der Waals surface area contributed by atoms with Crippen molar-refractivity contribution >= 4 is 35.5 Å². The fourth-order valence-corrected chi connectivity index (χ4v) is 1.59. The highest BCUT2D eigenvalue weighted by atomic mass is 35.5. The molecule has 1 aliphatic rings. The monoisotopic (exact) mass is 210 g/mol. The molecule has 1 rings (SSSR count). The zero-order valence-corrected chi connectivity index (χ0v) is 7.87. The second-order valence-corrected chi connectivity index (χ2v) is 4.41. The highest BCUT2D eigenvalue weighted by molar-refractivity contribution is 6.53. The summed E-state index contributed by atoms with van der Waals surface area (Å²) in [5.74, 6) is -0.375. The van der Waals surface area contributed by atoms with E-state index in [1.807, 2.05) is 5.43 Å². The number of nitrogens with one attached hydrogen (secondary N) is 2. The van der Waals surface area contributed by atoms with Gasteiger partial charge >= 0.3 is 0 Å². The molecular weight excluding hydrogens is 203 g/mol. The SMILES string of the molecule is CC1(C(=O)NNC=O)CC1(Cl)Cl. The van der Waals surface area contributed by atoms with Crippen molar-refractivity contribution in [2.24, 2.45) is 5.41 Å². The number of alkyl halides is 2. The Kier molecular flexibility index (Phi) is 2.23. The zero-order chi connectivity index (χ0) is 9.41. The van der Waals surface area contributed by atoms with Crippen LogP contribution in [0.5, 0.6) is 0 Å². The Hall–Kier alpha value is -0.480. The zero-order valence-electron chi connectivity index (χ0n) is 6.36. The normalized spacial score (nSPS) is 30.6. The van der Waals surface area contributed by atoms with Gasteiger partial charge in [-0.05, 0) is 13.3 Å². The molecule has 2 amide bonds. The van der Waals surface area contributed by atoms with Crippen molar-refractivity contribution in [1.82, 2.24) is 10.9 Å². The molecule has 0 heterocycles. The molecule has 0 spiro atoms. The Balaban J connectivity index is 2.50. The fraction of sp³-hybridized carbons (Fsp3) is 0.667. The minimum absolute atomic E-state index is 0.369. The van der Waals surface area contributed by atoms with Gasteiger partial charge in [0.05, 0.1) is 5.41 Å². The van der Waals surface area contributed by atoms with Gasteiger partial charge in [0.15, 0.2) is 0 Å². The Labute approximate surface area is 79.6 Å². The van der Waals surface area contributed by atoms with Gasteiger partial charge in [0.1, 0.15) is 4.33 Å². The van der Waals surface area contributed by atoms with Gasteiger partial charge in [0.25, 0.3) is 0 Å². The van der Waals surface area contributed by atoms with Gasteiger partial charge in [-0.15, -0.1) is 23.2 Å².